The van der Waals surface area contributed by atoms with E-state index in [0.29, 0.717) is 30.3 Å². The van der Waals surface area contributed by atoms with Crippen molar-refractivity contribution in [1.82, 2.24) is 15.1 Å². The number of alkyl halides is 3. The maximum atomic E-state index is 13.1. The Hall–Kier alpha value is -3.82. The first-order valence-electron chi connectivity index (χ1n) is 10.5. The summed E-state index contributed by atoms with van der Waals surface area (Å²) in [5, 5.41) is 6.87. The Kier molecular flexibility index (Phi) is 5.84. The molecular weight excluding hydrogens is 451 g/mol. The lowest BCUT2D eigenvalue weighted by Gasteiger charge is -2.28. The van der Waals surface area contributed by atoms with E-state index < -0.39 is 34.3 Å². The standard InChI is InChI=1S/C24H22F3N3O4/c1-14-11-18(31)21(29-30(14)17-6-4-5-16(12-17)24(25,26)27)22(32)28-23(2,3)15-7-8-19-20(13-15)34-10-9-33-19/h4-8,11-13H,9-10H2,1-3H3,(H,28,32). The number of rotatable bonds is 4. The van der Waals surface area contributed by atoms with Gasteiger partial charge in [0.15, 0.2) is 17.2 Å². The van der Waals surface area contributed by atoms with Crippen molar-refractivity contribution in [1.29, 1.82) is 0 Å². The molecule has 0 spiro atoms. The number of hydrogen-bond donors (Lipinski definition) is 1. The molecule has 1 aliphatic heterocycles. The second kappa shape index (κ2) is 8.51. The molecule has 178 valence electrons. The smallest absolute Gasteiger partial charge is 0.416 e. The van der Waals surface area contributed by atoms with Crippen LogP contribution in [-0.4, -0.2) is 28.9 Å². The number of carbonyl (C=O) groups excluding carboxylic acids is 1. The molecule has 0 unspecified atom stereocenters. The molecule has 10 heteroatoms. The van der Waals surface area contributed by atoms with Crippen molar-refractivity contribution in [2.45, 2.75) is 32.5 Å². The first-order valence-corrected chi connectivity index (χ1v) is 10.5. The minimum absolute atomic E-state index is 0.0764. The Bertz CT molecular complexity index is 1320. The molecule has 1 N–H and O–H groups in total. The number of benzene rings is 2. The lowest BCUT2D eigenvalue weighted by molar-refractivity contribution is -0.137. The van der Waals surface area contributed by atoms with Gasteiger partial charge in [-0.05, 0) is 56.7 Å². The Labute approximate surface area is 193 Å². The molecule has 1 aromatic heterocycles. The van der Waals surface area contributed by atoms with Gasteiger partial charge in [0.2, 0.25) is 5.43 Å². The molecule has 7 nitrogen and oxygen atoms in total. The van der Waals surface area contributed by atoms with Crippen LogP contribution in [0.1, 0.15) is 41.2 Å². The Morgan fingerprint density at radius 3 is 2.41 bits per heavy atom. The van der Waals surface area contributed by atoms with Gasteiger partial charge in [-0.3, -0.25) is 9.59 Å². The lowest BCUT2D eigenvalue weighted by atomic mass is 9.93. The predicted molar refractivity (Wildman–Crippen MR) is 117 cm³/mol. The van der Waals surface area contributed by atoms with Crippen LogP contribution in [0, 0.1) is 6.92 Å². The molecule has 4 rings (SSSR count). The van der Waals surface area contributed by atoms with Crippen molar-refractivity contribution >= 4 is 5.91 Å². The van der Waals surface area contributed by atoms with E-state index in [2.05, 4.69) is 10.4 Å². The zero-order valence-corrected chi connectivity index (χ0v) is 18.7. The lowest BCUT2D eigenvalue weighted by Crippen LogP contribution is -2.43. The maximum absolute atomic E-state index is 13.1. The van der Waals surface area contributed by atoms with Crippen molar-refractivity contribution in [3.05, 3.63) is 81.3 Å². The van der Waals surface area contributed by atoms with Crippen LogP contribution in [0.15, 0.2) is 53.3 Å². The van der Waals surface area contributed by atoms with Crippen molar-refractivity contribution < 1.29 is 27.4 Å². The van der Waals surface area contributed by atoms with E-state index in [-0.39, 0.29) is 11.4 Å². The molecule has 0 aliphatic carbocycles. The summed E-state index contributed by atoms with van der Waals surface area (Å²) in [7, 11) is 0. The molecule has 0 saturated heterocycles. The van der Waals surface area contributed by atoms with E-state index in [9.17, 15) is 22.8 Å². The number of halogens is 3. The first kappa shape index (κ1) is 23.3. The van der Waals surface area contributed by atoms with E-state index >= 15 is 0 Å². The van der Waals surface area contributed by atoms with Gasteiger partial charge in [-0.25, -0.2) is 4.68 Å². The van der Waals surface area contributed by atoms with E-state index in [1.165, 1.54) is 25.1 Å². The Balaban J connectivity index is 1.66. The highest BCUT2D eigenvalue weighted by Crippen LogP contribution is 2.34. The quantitative estimate of drug-likeness (QED) is 0.620. The molecule has 0 saturated carbocycles. The molecule has 0 radical (unpaired) electrons. The van der Waals surface area contributed by atoms with Crippen LogP contribution >= 0.6 is 0 Å². The Morgan fingerprint density at radius 2 is 1.71 bits per heavy atom. The number of carbonyl (C=O) groups is 1. The van der Waals surface area contributed by atoms with Crippen LogP contribution in [0.4, 0.5) is 13.2 Å². The summed E-state index contributed by atoms with van der Waals surface area (Å²) in [6.07, 6.45) is -4.54. The van der Waals surface area contributed by atoms with Gasteiger partial charge in [0.1, 0.15) is 13.2 Å². The first-order chi connectivity index (χ1) is 16.0. The normalized spacial score (nSPS) is 13.5. The molecule has 3 aromatic rings. The molecule has 2 heterocycles. The number of aryl methyl sites for hydroxylation is 1. The second-order valence-corrected chi connectivity index (χ2v) is 8.40. The monoisotopic (exact) mass is 473 g/mol. The summed E-state index contributed by atoms with van der Waals surface area (Å²) in [5.74, 6) is 0.387. The van der Waals surface area contributed by atoms with E-state index in [0.717, 1.165) is 16.8 Å². The third-order valence-electron chi connectivity index (χ3n) is 5.43. The molecular formula is C24H22F3N3O4. The topological polar surface area (TPSA) is 82.5 Å². The SMILES string of the molecule is Cc1cc(=O)c(C(=O)NC(C)(C)c2ccc3c(c2)OCCO3)nn1-c1cccc(C(F)(F)F)c1. The van der Waals surface area contributed by atoms with Crippen molar-refractivity contribution in [3.63, 3.8) is 0 Å². The zero-order valence-electron chi connectivity index (χ0n) is 18.7. The summed E-state index contributed by atoms with van der Waals surface area (Å²) in [5.41, 5.74) is -1.80. The second-order valence-electron chi connectivity index (χ2n) is 8.40. The van der Waals surface area contributed by atoms with Gasteiger partial charge >= 0.3 is 6.18 Å². The minimum atomic E-state index is -4.54. The highest BCUT2D eigenvalue weighted by Gasteiger charge is 2.31. The molecule has 0 bridgehead atoms. The average molecular weight is 473 g/mol. The van der Waals surface area contributed by atoms with Crippen LogP contribution in [0.3, 0.4) is 0 Å². The van der Waals surface area contributed by atoms with Gasteiger partial charge in [0.25, 0.3) is 5.91 Å². The summed E-state index contributed by atoms with van der Waals surface area (Å²) in [6, 6.07) is 10.9. The summed E-state index contributed by atoms with van der Waals surface area (Å²) in [4.78, 5) is 25.6. The van der Waals surface area contributed by atoms with E-state index in [4.69, 9.17) is 9.47 Å². The van der Waals surface area contributed by atoms with Crippen LogP contribution < -0.4 is 20.2 Å². The van der Waals surface area contributed by atoms with Gasteiger partial charge in [-0.1, -0.05) is 12.1 Å². The number of amides is 1. The fourth-order valence-electron chi connectivity index (χ4n) is 3.63. The van der Waals surface area contributed by atoms with Gasteiger partial charge < -0.3 is 14.8 Å². The third-order valence-corrected chi connectivity index (χ3v) is 5.43. The Morgan fingerprint density at radius 1 is 1.00 bits per heavy atom. The van der Waals surface area contributed by atoms with Crippen LogP contribution in [0.2, 0.25) is 0 Å². The van der Waals surface area contributed by atoms with Crippen molar-refractivity contribution in [2.24, 2.45) is 0 Å². The third kappa shape index (κ3) is 4.61. The highest BCUT2D eigenvalue weighted by atomic mass is 19.4. The van der Waals surface area contributed by atoms with Crippen molar-refractivity contribution in [2.75, 3.05) is 13.2 Å². The minimum Gasteiger partial charge on any atom is -0.486 e. The molecule has 0 fully saturated rings. The zero-order chi connectivity index (χ0) is 24.7. The molecule has 1 amide bonds. The largest absolute Gasteiger partial charge is 0.486 e. The molecule has 2 aromatic carbocycles. The summed E-state index contributed by atoms with van der Waals surface area (Å²) < 4.78 is 51.7. The maximum Gasteiger partial charge on any atom is 0.416 e. The highest BCUT2D eigenvalue weighted by molar-refractivity contribution is 5.92. The van der Waals surface area contributed by atoms with Crippen LogP contribution in [0.5, 0.6) is 11.5 Å². The number of nitrogens with zero attached hydrogens (tertiary/aromatic N) is 2. The van der Waals surface area contributed by atoms with Gasteiger partial charge in [0.05, 0.1) is 16.8 Å². The number of nitrogens with one attached hydrogen (secondary N) is 1. The van der Waals surface area contributed by atoms with Crippen molar-refractivity contribution in [3.8, 4) is 17.2 Å². The number of aromatic nitrogens is 2. The van der Waals surface area contributed by atoms with Crippen LogP contribution in [-0.2, 0) is 11.7 Å². The average Bonchev–Trinajstić information content (AvgIpc) is 2.78. The van der Waals surface area contributed by atoms with Gasteiger partial charge in [-0.15, -0.1) is 0 Å². The van der Waals surface area contributed by atoms with Gasteiger partial charge in [-0.2, -0.15) is 18.3 Å². The molecule has 0 atom stereocenters. The number of ether oxygens (including phenoxy) is 2. The number of fused-ring (bicyclic) bond motifs is 1. The van der Waals surface area contributed by atoms with Crippen LogP contribution in [0.25, 0.3) is 5.69 Å². The predicted octanol–water partition coefficient (Wildman–Crippen LogP) is 4.00. The fraction of sp³-hybridized carbons (Fsp3) is 0.292. The number of hydrogen-bond acceptors (Lipinski definition) is 5. The fourth-order valence-corrected chi connectivity index (χ4v) is 3.63. The van der Waals surface area contributed by atoms with Gasteiger partial charge in [0, 0.05) is 11.8 Å². The molecule has 1 aliphatic rings. The van der Waals surface area contributed by atoms with E-state index in [1.54, 1.807) is 32.0 Å². The van der Waals surface area contributed by atoms with E-state index in [1.807, 2.05) is 0 Å². The summed E-state index contributed by atoms with van der Waals surface area (Å²) in [6.45, 7) is 5.87. The summed E-state index contributed by atoms with van der Waals surface area (Å²) >= 11 is 0. The molecule has 34 heavy (non-hydrogen) atoms.